The van der Waals surface area contributed by atoms with Crippen molar-refractivity contribution in [1.82, 2.24) is 15.0 Å². The van der Waals surface area contributed by atoms with Gasteiger partial charge in [-0.3, -0.25) is 0 Å². The third kappa shape index (κ3) is 4.85. The Morgan fingerprint density at radius 3 is 1.66 bits per heavy atom. The van der Waals surface area contributed by atoms with Gasteiger partial charge in [-0.05, 0) is 79.9 Å². The summed E-state index contributed by atoms with van der Waals surface area (Å²) in [7, 11) is 0. The fourth-order valence-corrected chi connectivity index (χ4v) is 9.34. The van der Waals surface area contributed by atoms with Gasteiger partial charge < -0.3 is 4.42 Å². The number of hydrogen-bond acceptors (Lipinski definition) is 4. The van der Waals surface area contributed by atoms with E-state index in [1.807, 2.05) is 30.3 Å². The molecule has 2 aliphatic carbocycles. The Labute approximate surface area is 335 Å². The van der Waals surface area contributed by atoms with Gasteiger partial charge in [-0.1, -0.05) is 176 Å². The van der Waals surface area contributed by atoms with Crippen LogP contribution < -0.4 is 0 Å². The maximum Gasteiger partial charge on any atom is 0.164 e. The number of hydrogen-bond donors (Lipinski definition) is 0. The monoisotopic (exact) mass is 739 g/mol. The lowest BCUT2D eigenvalue weighted by molar-refractivity contribution is 0.668. The molecule has 4 heteroatoms. The minimum atomic E-state index is -0.644. The molecule has 1 unspecified atom stereocenters. The number of para-hydroxylation sites is 1. The predicted molar refractivity (Wildman–Crippen MR) is 235 cm³/mol. The SMILES string of the molecule is C1=Cc2ccc(-c3nc(-c4ccccc4)nc(-c4ccc(-c5ccccc5)cc4)n3)cc2C2(c3ccccc31)c1ccccc1-c1cc3oc4ccccc4c3cc12. The molecule has 2 heterocycles. The van der Waals surface area contributed by atoms with E-state index in [0.717, 1.165) is 49.8 Å². The van der Waals surface area contributed by atoms with E-state index in [1.165, 1.54) is 44.5 Å². The predicted octanol–water partition coefficient (Wildman–Crippen LogP) is 13.3. The zero-order chi connectivity index (χ0) is 38.2. The summed E-state index contributed by atoms with van der Waals surface area (Å²) in [5, 5.41) is 2.23. The first-order chi connectivity index (χ1) is 28.7. The molecule has 0 saturated heterocycles. The second kappa shape index (κ2) is 12.7. The van der Waals surface area contributed by atoms with E-state index < -0.39 is 5.41 Å². The molecule has 12 rings (SSSR count). The van der Waals surface area contributed by atoms with E-state index in [9.17, 15) is 0 Å². The first-order valence-electron chi connectivity index (χ1n) is 19.7. The van der Waals surface area contributed by atoms with Crippen LogP contribution in [0, 0.1) is 0 Å². The summed E-state index contributed by atoms with van der Waals surface area (Å²) in [6.45, 7) is 0. The Morgan fingerprint density at radius 1 is 0.328 bits per heavy atom. The minimum Gasteiger partial charge on any atom is -0.456 e. The van der Waals surface area contributed by atoms with Crippen molar-refractivity contribution in [1.29, 1.82) is 0 Å². The number of aromatic nitrogens is 3. The molecule has 0 amide bonds. The van der Waals surface area contributed by atoms with E-state index in [2.05, 4.69) is 170 Å². The zero-order valence-corrected chi connectivity index (χ0v) is 31.3. The molecule has 10 aromatic rings. The first kappa shape index (κ1) is 32.5. The minimum absolute atomic E-state index is 0.623. The van der Waals surface area contributed by atoms with Gasteiger partial charge in [0.2, 0.25) is 0 Å². The Morgan fingerprint density at radius 2 is 0.879 bits per heavy atom. The summed E-state index contributed by atoms with van der Waals surface area (Å²) >= 11 is 0. The molecule has 1 atom stereocenters. The number of furan rings is 1. The molecule has 0 radical (unpaired) electrons. The molecule has 58 heavy (non-hydrogen) atoms. The highest BCUT2D eigenvalue weighted by atomic mass is 16.3. The smallest absolute Gasteiger partial charge is 0.164 e. The van der Waals surface area contributed by atoms with Crippen molar-refractivity contribution < 1.29 is 4.42 Å². The van der Waals surface area contributed by atoms with E-state index in [1.54, 1.807) is 0 Å². The summed E-state index contributed by atoms with van der Waals surface area (Å²) < 4.78 is 6.50. The molecule has 8 aromatic carbocycles. The van der Waals surface area contributed by atoms with Gasteiger partial charge >= 0.3 is 0 Å². The van der Waals surface area contributed by atoms with E-state index >= 15 is 0 Å². The van der Waals surface area contributed by atoms with Gasteiger partial charge in [0.15, 0.2) is 17.5 Å². The number of fused-ring (bicyclic) bond motifs is 12. The van der Waals surface area contributed by atoms with Crippen molar-refractivity contribution in [2.24, 2.45) is 0 Å². The van der Waals surface area contributed by atoms with Gasteiger partial charge in [0.05, 0.1) is 5.41 Å². The van der Waals surface area contributed by atoms with Crippen LogP contribution in [0.3, 0.4) is 0 Å². The largest absolute Gasteiger partial charge is 0.456 e. The molecular formula is C54H33N3O. The van der Waals surface area contributed by atoms with Crippen molar-refractivity contribution in [3.05, 3.63) is 221 Å². The molecule has 0 saturated carbocycles. The van der Waals surface area contributed by atoms with Crippen LogP contribution >= 0.6 is 0 Å². The molecule has 2 aromatic heterocycles. The van der Waals surface area contributed by atoms with Crippen LogP contribution in [-0.4, -0.2) is 15.0 Å². The van der Waals surface area contributed by atoms with Crippen LogP contribution in [0.1, 0.15) is 33.4 Å². The maximum atomic E-state index is 6.50. The van der Waals surface area contributed by atoms with Crippen LogP contribution in [0.15, 0.2) is 192 Å². The van der Waals surface area contributed by atoms with E-state index in [0.29, 0.717) is 17.5 Å². The molecule has 4 nitrogen and oxygen atoms in total. The highest BCUT2D eigenvalue weighted by Gasteiger charge is 2.49. The summed E-state index contributed by atoms with van der Waals surface area (Å²) in [5.41, 5.74) is 15.9. The van der Waals surface area contributed by atoms with Crippen molar-refractivity contribution >= 4 is 34.1 Å². The van der Waals surface area contributed by atoms with Gasteiger partial charge in [0, 0.05) is 27.5 Å². The van der Waals surface area contributed by atoms with Gasteiger partial charge in [-0.2, -0.15) is 0 Å². The lowest BCUT2D eigenvalue weighted by atomic mass is 9.65. The Kier molecular flexibility index (Phi) is 7.11. The van der Waals surface area contributed by atoms with Crippen LogP contribution in [0.25, 0.3) is 90.5 Å². The molecule has 0 fully saturated rings. The quantitative estimate of drug-likeness (QED) is 0.180. The summed E-state index contributed by atoms with van der Waals surface area (Å²) in [6.07, 6.45) is 4.53. The summed E-state index contributed by atoms with van der Waals surface area (Å²) in [5.74, 6) is 1.89. The van der Waals surface area contributed by atoms with Crippen molar-refractivity contribution in [3.63, 3.8) is 0 Å². The van der Waals surface area contributed by atoms with Gasteiger partial charge in [-0.25, -0.2) is 15.0 Å². The second-order valence-corrected chi connectivity index (χ2v) is 15.1. The third-order valence-corrected chi connectivity index (χ3v) is 12.0. The molecule has 2 aliphatic rings. The number of benzene rings is 8. The molecule has 0 N–H and O–H groups in total. The van der Waals surface area contributed by atoms with E-state index in [4.69, 9.17) is 19.4 Å². The summed E-state index contributed by atoms with van der Waals surface area (Å²) in [6, 6.07) is 66.6. The first-order valence-corrected chi connectivity index (χ1v) is 19.7. The number of nitrogens with zero attached hydrogens (tertiary/aromatic N) is 3. The highest BCUT2D eigenvalue weighted by Crippen LogP contribution is 2.59. The number of rotatable bonds is 4. The van der Waals surface area contributed by atoms with Crippen molar-refractivity contribution in [3.8, 4) is 56.4 Å². The Balaban J connectivity index is 1.11. The van der Waals surface area contributed by atoms with Gasteiger partial charge in [-0.15, -0.1) is 0 Å². The van der Waals surface area contributed by atoms with Crippen LogP contribution in [0.2, 0.25) is 0 Å². The fraction of sp³-hybridized carbons (Fsp3) is 0.0185. The maximum absolute atomic E-state index is 6.50. The van der Waals surface area contributed by atoms with Gasteiger partial charge in [0.1, 0.15) is 11.2 Å². The van der Waals surface area contributed by atoms with Crippen molar-refractivity contribution in [2.45, 2.75) is 5.41 Å². The molecule has 0 bridgehead atoms. The lowest BCUT2D eigenvalue weighted by Crippen LogP contribution is -2.30. The standard InChI is InChI=1S/C54H33N3O/c1-3-13-34(14-4-1)35-23-28-39(29-24-35)52-55-51(38-16-5-2-6-17-38)56-53(57-52)40-30-27-37-26-25-36-15-7-10-20-45(36)54(47(37)31-40)46-21-11-8-18-41(46)43-33-50-44(32-48(43)54)42-19-9-12-22-49(42)58-50/h1-33H. The van der Waals surface area contributed by atoms with Crippen LogP contribution in [-0.2, 0) is 5.41 Å². The van der Waals surface area contributed by atoms with Gasteiger partial charge in [0.25, 0.3) is 0 Å². The molecule has 270 valence electrons. The summed E-state index contributed by atoms with van der Waals surface area (Å²) in [4.78, 5) is 15.5. The van der Waals surface area contributed by atoms with Crippen LogP contribution in [0.5, 0.6) is 0 Å². The fourth-order valence-electron chi connectivity index (χ4n) is 9.34. The Hall–Kier alpha value is -7.69. The topological polar surface area (TPSA) is 51.8 Å². The molecule has 0 aliphatic heterocycles. The second-order valence-electron chi connectivity index (χ2n) is 15.1. The third-order valence-electron chi connectivity index (χ3n) is 12.0. The normalized spacial score (nSPS) is 14.9. The highest BCUT2D eigenvalue weighted by molar-refractivity contribution is 6.08. The van der Waals surface area contributed by atoms with Crippen LogP contribution in [0.4, 0.5) is 0 Å². The zero-order valence-electron chi connectivity index (χ0n) is 31.3. The average Bonchev–Trinajstić information content (AvgIpc) is 3.75. The van der Waals surface area contributed by atoms with Crippen molar-refractivity contribution in [2.75, 3.05) is 0 Å². The molecular weight excluding hydrogens is 707 g/mol. The molecule has 1 spiro atoms. The average molecular weight is 740 g/mol. The lowest BCUT2D eigenvalue weighted by Gasteiger charge is -2.35. The van der Waals surface area contributed by atoms with E-state index in [-0.39, 0.29) is 0 Å². The Bertz CT molecular complexity index is 3270.